The first-order valence-electron chi connectivity index (χ1n) is 6.30. The Morgan fingerprint density at radius 1 is 1.40 bits per heavy atom. The molecule has 1 amide bonds. The fourth-order valence-electron chi connectivity index (χ4n) is 1.93. The van der Waals surface area contributed by atoms with Crippen LogP contribution in [0.3, 0.4) is 0 Å². The minimum absolute atomic E-state index is 0.0234. The molecule has 0 spiro atoms. The summed E-state index contributed by atoms with van der Waals surface area (Å²) < 4.78 is 13.1. The van der Waals surface area contributed by atoms with Crippen LogP contribution < -0.4 is 5.32 Å². The average molecular weight is 283 g/mol. The molecule has 0 saturated heterocycles. The standard InChI is InChI=1S/C14H18FNO4/c1-9(17)16-12(13(18)5-6-14(19)20)8-10-3-2-4-11(15)7-10/h2-4,7,12-13,18H,5-6,8H2,1H3,(H,16,17)(H,19,20)/t12-,13-/m0/s1. The van der Waals surface area contributed by atoms with Crippen LogP contribution in [0.1, 0.15) is 25.3 Å². The number of rotatable bonds is 7. The molecule has 1 rings (SSSR count). The van der Waals surface area contributed by atoms with Crippen molar-refractivity contribution < 1.29 is 24.2 Å². The highest BCUT2D eigenvalue weighted by Crippen LogP contribution is 2.11. The molecule has 0 radical (unpaired) electrons. The van der Waals surface area contributed by atoms with Crippen molar-refractivity contribution in [2.45, 2.75) is 38.3 Å². The van der Waals surface area contributed by atoms with Crippen LogP contribution in [0.5, 0.6) is 0 Å². The molecule has 20 heavy (non-hydrogen) atoms. The van der Waals surface area contributed by atoms with Crippen LogP contribution in [0.15, 0.2) is 24.3 Å². The van der Waals surface area contributed by atoms with E-state index in [0.29, 0.717) is 5.56 Å². The minimum atomic E-state index is -1.02. The second-order valence-electron chi connectivity index (χ2n) is 4.64. The summed E-state index contributed by atoms with van der Waals surface area (Å²) in [5.74, 6) is -1.75. The van der Waals surface area contributed by atoms with Crippen LogP contribution in [0.4, 0.5) is 4.39 Å². The molecule has 0 saturated carbocycles. The number of amides is 1. The van der Waals surface area contributed by atoms with E-state index in [2.05, 4.69) is 5.32 Å². The van der Waals surface area contributed by atoms with E-state index in [0.717, 1.165) is 0 Å². The number of benzene rings is 1. The number of carbonyl (C=O) groups excluding carboxylic acids is 1. The van der Waals surface area contributed by atoms with Gasteiger partial charge in [-0.15, -0.1) is 0 Å². The van der Waals surface area contributed by atoms with Crippen molar-refractivity contribution in [2.75, 3.05) is 0 Å². The number of carboxylic acids is 1. The molecule has 0 aliphatic carbocycles. The van der Waals surface area contributed by atoms with Gasteiger partial charge in [0.05, 0.1) is 12.1 Å². The molecule has 1 aromatic rings. The highest BCUT2D eigenvalue weighted by Gasteiger charge is 2.21. The maximum Gasteiger partial charge on any atom is 0.303 e. The second kappa shape index (κ2) is 7.59. The van der Waals surface area contributed by atoms with Crippen LogP contribution in [0.2, 0.25) is 0 Å². The Labute approximate surface area is 116 Å². The van der Waals surface area contributed by atoms with Gasteiger partial charge in [0, 0.05) is 13.3 Å². The highest BCUT2D eigenvalue weighted by molar-refractivity contribution is 5.73. The van der Waals surface area contributed by atoms with E-state index in [1.54, 1.807) is 12.1 Å². The molecule has 1 aromatic carbocycles. The van der Waals surface area contributed by atoms with Crippen molar-refractivity contribution in [1.82, 2.24) is 5.32 Å². The predicted molar refractivity (Wildman–Crippen MR) is 70.6 cm³/mol. The van der Waals surface area contributed by atoms with Gasteiger partial charge in [0.2, 0.25) is 5.91 Å². The SMILES string of the molecule is CC(=O)N[C@@H](Cc1cccc(F)c1)[C@@H](O)CCC(=O)O. The predicted octanol–water partition coefficient (Wildman–Crippen LogP) is 1.10. The first-order valence-corrected chi connectivity index (χ1v) is 6.30. The third-order valence-corrected chi connectivity index (χ3v) is 2.85. The van der Waals surface area contributed by atoms with Gasteiger partial charge < -0.3 is 15.5 Å². The third kappa shape index (κ3) is 5.79. The van der Waals surface area contributed by atoms with Crippen LogP contribution in [-0.4, -0.2) is 34.2 Å². The van der Waals surface area contributed by atoms with Gasteiger partial charge in [-0.25, -0.2) is 4.39 Å². The largest absolute Gasteiger partial charge is 0.481 e. The zero-order chi connectivity index (χ0) is 15.1. The molecule has 0 heterocycles. The molecule has 2 atom stereocenters. The lowest BCUT2D eigenvalue weighted by Crippen LogP contribution is -2.44. The monoisotopic (exact) mass is 283 g/mol. The topological polar surface area (TPSA) is 86.6 Å². The summed E-state index contributed by atoms with van der Waals surface area (Å²) in [5.41, 5.74) is 0.623. The summed E-state index contributed by atoms with van der Waals surface area (Å²) in [5, 5.41) is 21.1. The summed E-state index contributed by atoms with van der Waals surface area (Å²) in [6.45, 7) is 1.31. The van der Waals surface area contributed by atoms with Gasteiger partial charge in [0.15, 0.2) is 0 Å². The molecule has 0 fully saturated rings. The Hall–Kier alpha value is -1.95. The van der Waals surface area contributed by atoms with Crippen molar-refractivity contribution in [2.24, 2.45) is 0 Å². The zero-order valence-electron chi connectivity index (χ0n) is 11.2. The van der Waals surface area contributed by atoms with E-state index in [-0.39, 0.29) is 25.2 Å². The first-order chi connectivity index (χ1) is 9.38. The van der Waals surface area contributed by atoms with Gasteiger partial charge in [-0.2, -0.15) is 0 Å². The normalized spacial score (nSPS) is 13.6. The van der Waals surface area contributed by atoms with Gasteiger partial charge in [0.25, 0.3) is 0 Å². The van der Waals surface area contributed by atoms with Gasteiger partial charge >= 0.3 is 5.97 Å². The number of aliphatic hydroxyl groups is 1. The lowest BCUT2D eigenvalue weighted by atomic mass is 9.98. The summed E-state index contributed by atoms with van der Waals surface area (Å²) >= 11 is 0. The van der Waals surface area contributed by atoms with E-state index >= 15 is 0 Å². The molecule has 0 aliphatic rings. The second-order valence-corrected chi connectivity index (χ2v) is 4.64. The molecular weight excluding hydrogens is 265 g/mol. The Bertz CT molecular complexity index is 478. The molecule has 0 bridgehead atoms. The number of aliphatic hydroxyl groups excluding tert-OH is 1. The first kappa shape index (κ1) is 16.1. The van der Waals surface area contributed by atoms with Crippen LogP contribution in [-0.2, 0) is 16.0 Å². The van der Waals surface area contributed by atoms with E-state index in [1.807, 2.05) is 0 Å². The molecule has 5 nitrogen and oxygen atoms in total. The number of hydrogen-bond acceptors (Lipinski definition) is 3. The van der Waals surface area contributed by atoms with Crippen molar-refractivity contribution in [3.8, 4) is 0 Å². The van der Waals surface area contributed by atoms with Gasteiger partial charge in [-0.3, -0.25) is 9.59 Å². The van der Waals surface area contributed by atoms with Gasteiger partial charge in [0.1, 0.15) is 5.82 Å². The van der Waals surface area contributed by atoms with Crippen LogP contribution in [0, 0.1) is 5.82 Å². The van der Waals surface area contributed by atoms with E-state index < -0.39 is 23.9 Å². The molecular formula is C14H18FNO4. The van der Waals surface area contributed by atoms with Crippen LogP contribution >= 0.6 is 0 Å². The van der Waals surface area contributed by atoms with E-state index in [4.69, 9.17) is 5.11 Å². The lowest BCUT2D eigenvalue weighted by Gasteiger charge is -2.23. The lowest BCUT2D eigenvalue weighted by molar-refractivity contribution is -0.137. The average Bonchev–Trinajstić information content (AvgIpc) is 2.34. The number of aliphatic carboxylic acids is 1. The van der Waals surface area contributed by atoms with Crippen LogP contribution in [0.25, 0.3) is 0 Å². The van der Waals surface area contributed by atoms with Gasteiger partial charge in [-0.1, -0.05) is 12.1 Å². The molecule has 3 N–H and O–H groups in total. The smallest absolute Gasteiger partial charge is 0.303 e. The summed E-state index contributed by atoms with van der Waals surface area (Å²) in [7, 11) is 0. The Balaban J connectivity index is 2.72. The van der Waals surface area contributed by atoms with E-state index in [1.165, 1.54) is 19.1 Å². The fourth-order valence-corrected chi connectivity index (χ4v) is 1.93. The highest BCUT2D eigenvalue weighted by atomic mass is 19.1. The molecule has 6 heteroatoms. The Morgan fingerprint density at radius 3 is 2.65 bits per heavy atom. The summed E-state index contributed by atoms with van der Waals surface area (Å²) in [6.07, 6.45) is -0.938. The molecule has 110 valence electrons. The minimum Gasteiger partial charge on any atom is -0.481 e. The summed E-state index contributed by atoms with van der Waals surface area (Å²) in [6, 6.07) is 5.20. The molecule has 0 aromatic heterocycles. The number of hydrogen-bond donors (Lipinski definition) is 3. The quantitative estimate of drug-likeness (QED) is 0.699. The number of carbonyl (C=O) groups is 2. The maximum absolute atomic E-state index is 13.1. The molecule has 0 unspecified atom stereocenters. The maximum atomic E-state index is 13.1. The number of halogens is 1. The summed E-state index contributed by atoms with van der Waals surface area (Å²) in [4.78, 5) is 21.6. The Morgan fingerprint density at radius 2 is 2.10 bits per heavy atom. The van der Waals surface area contributed by atoms with Gasteiger partial charge in [-0.05, 0) is 30.5 Å². The zero-order valence-corrected chi connectivity index (χ0v) is 11.2. The molecule has 0 aliphatic heterocycles. The van der Waals surface area contributed by atoms with Crippen molar-refractivity contribution in [3.05, 3.63) is 35.6 Å². The Kier molecular flexibility index (Phi) is 6.11. The third-order valence-electron chi connectivity index (χ3n) is 2.85. The fraction of sp³-hybridized carbons (Fsp3) is 0.429. The van der Waals surface area contributed by atoms with E-state index in [9.17, 15) is 19.1 Å². The van der Waals surface area contributed by atoms with Crippen molar-refractivity contribution in [1.29, 1.82) is 0 Å². The number of nitrogens with one attached hydrogen (secondary N) is 1. The van der Waals surface area contributed by atoms with Crippen molar-refractivity contribution in [3.63, 3.8) is 0 Å². The number of carboxylic acid groups (broad SMARTS) is 1. The van der Waals surface area contributed by atoms with Crippen molar-refractivity contribution >= 4 is 11.9 Å².